The zero-order valence-electron chi connectivity index (χ0n) is 32.6. The van der Waals surface area contributed by atoms with Crippen molar-refractivity contribution in [2.24, 2.45) is 11.3 Å². The van der Waals surface area contributed by atoms with Crippen molar-refractivity contribution in [1.82, 2.24) is 25.2 Å². The molecule has 4 amide bonds. The van der Waals surface area contributed by atoms with Gasteiger partial charge in [-0.15, -0.1) is 17.9 Å². The van der Waals surface area contributed by atoms with Gasteiger partial charge in [0, 0.05) is 24.6 Å². The number of likely N-dealkylation sites (tertiary alicyclic amines) is 1. The van der Waals surface area contributed by atoms with Crippen molar-refractivity contribution < 1.29 is 37.1 Å². The number of carbonyl (C=O) groups excluding carboxylic acids is 4. The van der Waals surface area contributed by atoms with Gasteiger partial charge in [0.25, 0.3) is 5.91 Å². The first kappa shape index (κ1) is 40.4. The van der Waals surface area contributed by atoms with Gasteiger partial charge in [-0.3, -0.25) is 24.1 Å². The smallest absolute Gasteiger partial charge is 0.408 e. The maximum absolute atomic E-state index is 14.6. The first-order chi connectivity index (χ1) is 27.1. The summed E-state index contributed by atoms with van der Waals surface area (Å²) < 4.78 is 40.8. The maximum Gasteiger partial charge on any atom is 0.408 e. The number of alkyl carbamates (subject to hydrolysis) is 1. The van der Waals surface area contributed by atoms with E-state index in [1.54, 1.807) is 18.3 Å². The summed E-state index contributed by atoms with van der Waals surface area (Å²) >= 11 is 1.53. The molecule has 304 valence electrons. The summed E-state index contributed by atoms with van der Waals surface area (Å²) in [6.45, 7) is 9.29. The summed E-state index contributed by atoms with van der Waals surface area (Å²) in [5.74, 6) is -2.05. The fourth-order valence-corrected chi connectivity index (χ4v) is 10.4. The van der Waals surface area contributed by atoms with Gasteiger partial charge in [0.05, 0.1) is 21.9 Å². The van der Waals surface area contributed by atoms with Gasteiger partial charge in [-0.1, -0.05) is 63.2 Å². The number of amides is 4. The van der Waals surface area contributed by atoms with Crippen molar-refractivity contribution in [1.29, 1.82) is 0 Å². The molecule has 57 heavy (non-hydrogen) atoms. The minimum Gasteiger partial charge on any atom is -0.488 e. The van der Waals surface area contributed by atoms with E-state index in [0.717, 1.165) is 36.1 Å². The highest BCUT2D eigenvalue weighted by Gasteiger charge is 2.63. The van der Waals surface area contributed by atoms with Gasteiger partial charge >= 0.3 is 6.09 Å². The first-order valence-electron chi connectivity index (χ1n) is 19.6. The fraction of sp³-hybridized carbons (Fsp3) is 0.500. The number of aromatic nitrogens is 1. The number of nitrogens with one attached hydrogen (secondary N) is 3. The molecule has 13 nitrogen and oxygen atoms in total. The van der Waals surface area contributed by atoms with Crippen LogP contribution in [0.25, 0.3) is 10.6 Å². The third kappa shape index (κ3) is 8.74. The van der Waals surface area contributed by atoms with Gasteiger partial charge < -0.3 is 25.0 Å². The number of rotatable bonds is 14. The highest BCUT2D eigenvalue weighted by Crippen LogP contribution is 2.48. The Balaban J connectivity index is 1.12. The molecule has 4 fully saturated rings. The van der Waals surface area contributed by atoms with Crippen LogP contribution in [0.15, 0.2) is 78.8 Å². The minimum absolute atomic E-state index is 0.0000205. The monoisotopic (exact) mass is 817 g/mol. The van der Waals surface area contributed by atoms with Crippen LogP contribution in [0.4, 0.5) is 4.79 Å². The predicted molar refractivity (Wildman–Crippen MR) is 216 cm³/mol. The molecule has 7 rings (SSSR count). The summed E-state index contributed by atoms with van der Waals surface area (Å²) in [6.07, 6.45) is 6.28. The quantitative estimate of drug-likeness (QED) is 0.177. The van der Waals surface area contributed by atoms with Gasteiger partial charge in [0.2, 0.25) is 21.8 Å². The lowest BCUT2D eigenvalue weighted by Crippen LogP contribution is -2.60. The lowest BCUT2D eigenvalue weighted by atomic mass is 9.85. The van der Waals surface area contributed by atoms with Crippen molar-refractivity contribution in [2.75, 3.05) is 6.54 Å². The zero-order valence-corrected chi connectivity index (χ0v) is 34.2. The third-order valence-corrected chi connectivity index (χ3v) is 14.7. The average Bonchev–Trinajstić information content (AvgIpc) is 3.78. The summed E-state index contributed by atoms with van der Waals surface area (Å²) in [5, 5.41) is 7.60. The van der Waals surface area contributed by atoms with Crippen LogP contribution in [-0.4, -0.2) is 83.2 Å². The Bertz CT molecular complexity index is 2090. The number of hydrogen-bond donors (Lipinski definition) is 3. The van der Waals surface area contributed by atoms with E-state index in [-0.39, 0.29) is 31.9 Å². The summed E-state index contributed by atoms with van der Waals surface area (Å²) in [7, 11) is -4.14. The zero-order chi connectivity index (χ0) is 40.6. The van der Waals surface area contributed by atoms with Crippen molar-refractivity contribution >= 4 is 45.2 Å². The Labute approximate surface area is 338 Å². The van der Waals surface area contributed by atoms with E-state index >= 15 is 0 Å². The number of hydrogen-bond acceptors (Lipinski definition) is 10. The van der Waals surface area contributed by atoms with Gasteiger partial charge in [0.1, 0.15) is 35.6 Å². The third-order valence-electron chi connectivity index (χ3n) is 11.6. The molecule has 4 aliphatic rings. The Morgan fingerprint density at radius 3 is 2.42 bits per heavy atom. The van der Waals surface area contributed by atoms with Gasteiger partial charge in [-0.05, 0) is 79.9 Å². The number of pyridine rings is 1. The molecule has 15 heteroatoms. The Hall–Kier alpha value is -4.76. The molecule has 1 aromatic carbocycles. The van der Waals surface area contributed by atoms with Crippen LogP contribution >= 0.6 is 11.3 Å². The second-order valence-electron chi connectivity index (χ2n) is 16.9. The first-order valence-corrected chi connectivity index (χ1v) is 22.0. The molecular formula is C42H51N5O8S2. The molecule has 3 aliphatic carbocycles. The number of carbonyl (C=O) groups is 4. The molecule has 3 saturated carbocycles. The van der Waals surface area contributed by atoms with Crippen LogP contribution in [-0.2, 0) is 35.6 Å². The van der Waals surface area contributed by atoms with Crippen LogP contribution in [0, 0.1) is 11.3 Å². The van der Waals surface area contributed by atoms with Crippen LogP contribution in [0.3, 0.4) is 0 Å². The van der Waals surface area contributed by atoms with E-state index in [9.17, 15) is 27.6 Å². The van der Waals surface area contributed by atoms with Crippen molar-refractivity contribution in [3.63, 3.8) is 0 Å². The van der Waals surface area contributed by atoms with E-state index < -0.39 is 73.6 Å². The SMILES string of the molecule is C=CC1C[C@]1(NC(=O)[C@@H]1C[C@@H](Oc2ccnc(-c3cccs3)c2)CN1C(=O)C(NC(=O)OC1CCCC1)C(C)(C)C)C(=O)NS(=O)(=O)C1(Cc2ccccc2)CC1. The molecule has 3 heterocycles. The normalized spacial score (nSPS) is 24.5. The van der Waals surface area contributed by atoms with Gasteiger partial charge in [0.15, 0.2) is 0 Å². The van der Waals surface area contributed by atoms with E-state index in [4.69, 9.17) is 9.47 Å². The van der Waals surface area contributed by atoms with Crippen LogP contribution in [0.1, 0.15) is 77.7 Å². The average molecular weight is 818 g/mol. The van der Waals surface area contributed by atoms with E-state index in [1.807, 2.05) is 68.6 Å². The predicted octanol–water partition coefficient (Wildman–Crippen LogP) is 5.52. The van der Waals surface area contributed by atoms with Crippen LogP contribution in [0.5, 0.6) is 5.75 Å². The molecule has 2 unspecified atom stereocenters. The molecule has 2 aromatic heterocycles. The van der Waals surface area contributed by atoms with Gasteiger partial charge in [-0.2, -0.15) is 0 Å². The molecule has 0 radical (unpaired) electrons. The van der Waals surface area contributed by atoms with Crippen molar-refractivity contribution in [3.8, 4) is 16.3 Å². The highest BCUT2D eigenvalue weighted by atomic mass is 32.2. The molecular weight excluding hydrogens is 767 g/mol. The number of ether oxygens (including phenoxy) is 2. The molecule has 3 aromatic rings. The van der Waals surface area contributed by atoms with E-state index in [1.165, 1.54) is 22.3 Å². The number of benzene rings is 1. The topological polar surface area (TPSA) is 173 Å². The summed E-state index contributed by atoms with van der Waals surface area (Å²) in [5.41, 5.74) is -0.816. The lowest BCUT2D eigenvalue weighted by Gasteiger charge is -2.35. The Morgan fingerprint density at radius 2 is 1.79 bits per heavy atom. The Morgan fingerprint density at radius 1 is 1.05 bits per heavy atom. The van der Waals surface area contributed by atoms with E-state index in [0.29, 0.717) is 24.3 Å². The summed E-state index contributed by atoms with van der Waals surface area (Å²) in [4.78, 5) is 63.1. The van der Waals surface area contributed by atoms with Gasteiger partial charge in [-0.25, -0.2) is 13.2 Å². The number of nitrogens with zero attached hydrogens (tertiary/aromatic N) is 2. The van der Waals surface area contributed by atoms with Crippen molar-refractivity contribution in [2.45, 2.75) is 113 Å². The number of sulfonamides is 1. The summed E-state index contributed by atoms with van der Waals surface area (Å²) in [6, 6.07) is 14.4. The molecule has 3 N–H and O–H groups in total. The molecule has 0 bridgehead atoms. The van der Waals surface area contributed by atoms with Crippen LogP contribution < -0.4 is 20.1 Å². The standard InChI is InChI=1S/C42H51N5O8S2/c1-5-28-25-42(28,38(50)46-57(52,53)41(18-19-41)24-27-12-7-6-8-13-27)45-36(48)33-23-31(54-30-17-20-43-32(22-30)34-16-11-21-56-34)26-47(33)37(49)35(40(2,3)4)44-39(51)55-29-14-9-10-15-29/h5-8,11-13,16-17,20-22,28-29,31,33,35H,1,9-10,14-15,18-19,23-26H2,2-4H3,(H,44,51)(H,45,48)(H,46,50)/t28?,31-,33+,35?,42-/m1/s1. The number of thiophene rings is 1. The second kappa shape index (κ2) is 15.9. The largest absolute Gasteiger partial charge is 0.488 e. The maximum atomic E-state index is 14.6. The lowest BCUT2D eigenvalue weighted by molar-refractivity contribution is -0.143. The molecule has 1 saturated heterocycles. The highest BCUT2D eigenvalue weighted by molar-refractivity contribution is 7.91. The van der Waals surface area contributed by atoms with Crippen molar-refractivity contribution in [3.05, 3.63) is 84.4 Å². The van der Waals surface area contributed by atoms with Crippen LogP contribution in [0.2, 0.25) is 0 Å². The molecule has 5 atom stereocenters. The molecule has 1 aliphatic heterocycles. The minimum atomic E-state index is -4.14. The second-order valence-corrected chi connectivity index (χ2v) is 19.9. The molecule has 0 spiro atoms. The Kier molecular flexibility index (Phi) is 11.3. The van der Waals surface area contributed by atoms with E-state index in [2.05, 4.69) is 26.9 Å². The fourth-order valence-electron chi connectivity index (χ4n) is 8.04.